The molecular formula is C19H21N5O2. The lowest BCUT2D eigenvalue weighted by Gasteiger charge is -2.35. The van der Waals surface area contributed by atoms with Crippen molar-refractivity contribution in [1.29, 1.82) is 0 Å². The summed E-state index contributed by atoms with van der Waals surface area (Å²) in [6.45, 7) is 4.63. The van der Waals surface area contributed by atoms with Gasteiger partial charge in [0.2, 0.25) is 5.95 Å². The quantitative estimate of drug-likeness (QED) is 0.834. The first-order chi connectivity index (χ1) is 12.8. The van der Waals surface area contributed by atoms with Gasteiger partial charge in [0.25, 0.3) is 5.91 Å². The van der Waals surface area contributed by atoms with Crippen molar-refractivity contribution in [2.45, 2.75) is 12.5 Å². The van der Waals surface area contributed by atoms with Crippen molar-refractivity contribution in [1.82, 2.24) is 14.9 Å². The Bertz CT molecular complexity index is 788. The summed E-state index contributed by atoms with van der Waals surface area (Å²) in [5.74, 6) is 1.17. The maximum atomic E-state index is 12.0. The van der Waals surface area contributed by atoms with Crippen LogP contribution < -0.4 is 9.64 Å². The highest BCUT2D eigenvalue weighted by molar-refractivity contribution is 6.02. The van der Waals surface area contributed by atoms with Gasteiger partial charge in [-0.25, -0.2) is 15.0 Å². The Balaban J connectivity index is 1.30. The molecule has 3 heterocycles. The number of rotatable bonds is 4. The van der Waals surface area contributed by atoms with E-state index in [1.54, 1.807) is 24.7 Å². The number of carbonyl (C=O) groups excluding carboxylic acids is 1. The topological polar surface area (TPSA) is 70.9 Å². The number of benzene rings is 1. The van der Waals surface area contributed by atoms with Gasteiger partial charge in [0.15, 0.2) is 0 Å². The van der Waals surface area contributed by atoms with Crippen LogP contribution in [-0.4, -0.2) is 65.8 Å². The van der Waals surface area contributed by atoms with Crippen LogP contribution >= 0.6 is 0 Å². The number of anilines is 1. The van der Waals surface area contributed by atoms with E-state index in [2.05, 4.69) is 24.8 Å². The number of fused-ring (bicyclic) bond motifs is 1. The maximum absolute atomic E-state index is 12.0. The van der Waals surface area contributed by atoms with Crippen molar-refractivity contribution in [3.05, 3.63) is 48.3 Å². The summed E-state index contributed by atoms with van der Waals surface area (Å²) in [5.41, 5.74) is 0.530. The molecule has 134 valence electrons. The molecule has 2 aliphatic rings. The minimum Gasteiger partial charge on any atom is -0.484 e. The molecule has 7 heteroatoms. The molecule has 7 nitrogen and oxygen atoms in total. The third-order valence-corrected chi connectivity index (χ3v) is 4.69. The van der Waals surface area contributed by atoms with Gasteiger partial charge in [-0.1, -0.05) is 12.1 Å². The minimum absolute atomic E-state index is 0.182. The Morgan fingerprint density at radius 2 is 1.81 bits per heavy atom. The molecule has 0 bridgehead atoms. The smallest absolute Gasteiger partial charge is 0.280 e. The van der Waals surface area contributed by atoms with Gasteiger partial charge >= 0.3 is 0 Å². The summed E-state index contributed by atoms with van der Waals surface area (Å²) in [5, 5.41) is 0. The highest BCUT2D eigenvalue weighted by Crippen LogP contribution is 2.23. The van der Waals surface area contributed by atoms with Crippen LogP contribution in [0.3, 0.4) is 0 Å². The summed E-state index contributed by atoms with van der Waals surface area (Å²) in [6.07, 6.45) is 5.80. The highest BCUT2D eigenvalue weighted by Gasteiger charge is 2.22. The molecule has 0 aliphatic carbocycles. The number of ether oxygens (including phenoxy) is 1. The van der Waals surface area contributed by atoms with E-state index in [-0.39, 0.29) is 12.0 Å². The molecule has 0 spiro atoms. The first-order valence-corrected chi connectivity index (χ1v) is 8.88. The Morgan fingerprint density at radius 1 is 1.04 bits per heavy atom. The van der Waals surface area contributed by atoms with E-state index < -0.39 is 0 Å². The summed E-state index contributed by atoms with van der Waals surface area (Å²) < 4.78 is 5.98. The number of aliphatic imine (C=N–C) groups is 1. The van der Waals surface area contributed by atoms with E-state index in [9.17, 15) is 4.79 Å². The number of aromatic nitrogens is 2. The SMILES string of the molecule is O=C1N=CC(CCN2CCN(c3ncccn3)CC2)Oc2ccccc21. The molecule has 0 N–H and O–H groups in total. The fraction of sp³-hybridized carbons (Fsp3) is 0.368. The zero-order chi connectivity index (χ0) is 17.8. The molecule has 0 radical (unpaired) electrons. The van der Waals surface area contributed by atoms with Crippen LogP contribution in [-0.2, 0) is 0 Å². The van der Waals surface area contributed by atoms with Crippen LogP contribution in [0.1, 0.15) is 16.8 Å². The standard InChI is InChI=1S/C19H21N5O2/c25-18-16-4-1-2-5-17(16)26-15(14-22-18)6-9-23-10-12-24(13-11-23)19-20-7-3-8-21-19/h1-5,7-8,14-15H,6,9-13H2. The minimum atomic E-state index is -0.237. The molecular weight excluding hydrogens is 330 g/mol. The first-order valence-electron chi connectivity index (χ1n) is 8.88. The lowest BCUT2D eigenvalue weighted by molar-refractivity contribution is 0.100. The lowest BCUT2D eigenvalue weighted by atomic mass is 10.2. The molecule has 1 saturated heterocycles. The van der Waals surface area contributed by atoms with E-state index in [4.69, 9.17) is 4.74 Å². The fourth-order valence-electron chi connectivity index (χ4n) is 3.23. The van der Waals surface area contributed by atoms with Gasteiger partial charge in [-0.05, 0) is 18.2 Å². The highest BCUT2D eigenvalue weighted by atomic mass is 16.5. The van der Waals surface area contributed by atoms with Crippen molar-refractivity contribution in [3.8, 4) is 5.75 Å². The van der Waals surface area contributed by atoms with Crippen molar-refractivity contribution in [2.24, 2.45) is 4.99 Å². The van der Waals surface area contributed by atoms with Crippen molar-refractivity contribution in [2.75, 3.05) is 37.6 Å². The number of amides is 1. The first kappa shape index (κ1) is 16.7. The van der Waals surface area contributed by atoms with Crippen LogP contribution in [0, 0.1) is 0 Å². The molecule has 1 unspecified atom stereocenters. The molecule has 0 saturated carbocycles. The maximum Gasteiger partial charge on any atom is 0.280 e. The molecule has 1 aromatic carbocycles. The number of hydrogen-bond acceptors (Lipinski definition) is 6. The van der Waals surface area contributed by atoms with Gasteiger partial charge in [-0.3, -0.25) is 9.69 Å². The monoisotopic (exact) mass is 351 g/mol. The van der Waals surface area contributed by atoms with Crippen molar-refractivity contribution in [3.63, 3.8) is 0 Å². The van der Waals surface area contributed by atoms with Gasteiger partial charge in [0, 0.05) is 57.8 Å². The normalized spacial score (nSPS) is 20.4. The van der Waals surface area contributed by atoms with E-state index in [1.807, 2.05) is 24.3 Å². The third kappa shape index (κ3) is 3.72. The van der Waals surface area contributed by atoms with Gasteiger partial charge in [-0.15, -0.1) is 0 Å². The van der Waals surface area contributed by atoms with Crippen LogP contribution in [0.2, 0.25) is 0 Å². The second-order valence-electron chi connectivity index (χ2n) is 6.40. The Morgan fingerprint density at radius 3 is 2.62 bits per heavy atom. The summed E-state index contributed by atoms with van der Waals surface area (Å²) >= 11 is 0. The van der Waals surface area contributed by atoms with Gasteiger partial charge < -0.3 is 9.64 Å². The lowest BCUT2D eigenvalue weighted by Crippen LogP contribution is -2.47. The predicted molar refractivity (Wildman–Crippen MR) is 99.0 cm³/mol. The van der Waals surface area contributed by atoms with Gasteiger partial charge in [-0.2, -0.15) is 0 Å². The second-order valence-corrected chi connectivity index (χ2v) is 6.40. The Labute approximate surface area is 152 Å². The summed E-state index contributed by atoms with van der Waals surface area (Å²) in [6, 6.07) is 9.11. The van der Waals surface area contributed by atoms with E-state index >= 15 is 0 Å². The van der Waals surface area contributed by atoms with Crippen LogP contribution in [0.15, 0.2) is 47.7 Å². The molecule has 2 aliphatic heterocycles. The molecule has 4 rings (SSSR count). The van der Waals surface area contributed by atoms with Crippen LogP contribution in [0.25, 0.3) is 0 Å². The van der Waals surface area contributed by atoms with Crippen LogP contribution in [0.4, 0.5) is 5.95 Å². The van der Waals surface area contributed by atoms with E-state index in [1.165, 1.54) is 0 Å². The Kier molecular flexibility index (Phi) is 4.88. The molecule has 1 aromatic heterocycles. The predicted octanol–water partition coefficient (Wildman–Crippen LogP) is 1.66. The average molecular weight is 351 g/mol. The summed E-state index contributed by atoms with van der Waals surface area (Å²) in [7, 11) is 0. The van der Waals surface area contributed by atoms with Crippen LogP contribution in [0.5, 0.6) is 5.75 Å². The van der Waals surface area contributed by atoms with E-state index in [0.29, 0.717) is 11.3 Å². The number of para-hydroxylation sites is 1. The average Bonchev–Trinajstić information content (AvgIpc) is 2.87. The van der Waals surface area contributed by atoms with Crippen molar-refractivity contribution < 1.29 is 9.53 Å². The van der Waals surface area contributed by atoms with Gasteiger partial charge in [0.05, 0.1) is 5.56 Å². The number of nitrogens with zero attached hydrogens (tertiary/aromatic N) is 5. The molecule has 26 heavy (non-hydrogen) atoms. The number of carbonyl (C=O) groups is 1. The van der Waals surface area contributed by atoms with E-state index in [0.717, 1.165) is 45.1 Å². The molecule has 1 amide bonds. The Hall–Kier alpha value is -2.80. The molecule has 1 atom stereocenters. The zero-order valence-corrected chi connectivity index (χ0v) is 14.5. The van der Waals surface area contributed by atoms with Gasteiger partial charge in [0.1, 0.15) is 11.9 Å². The zero-order valence-electron chi connectivity index (χ0n) is 14.5. The fourth-order valence-corrected chi connectivity index (χ4v) is 3.23. The molecule has 1 fully saturated rings. The second kappa shape index (κ2) is 7.61. The number of hydrogen-bond donors (Lipinski definition) is 0. The summed E-state index contributed by atoms with van der Waals surface area (Å²) in [4.78, 5) is 29.3. The largest absolute Gasteiger partial charge is 0.484 e. The van der Waals surface area contributed by atoms with Crippen molar-refractivity contribution >= 4 is 18.1 Å². The molecule has 2 aromatic rings. The number of piperazine rings is 1. The third-order valence-electron chi connectivity index (χ3n) is 4.69.